The second kappa shape index (κ2) is 4.30. The van der Waals surface area contributed by atoms with Gasteiger partial charge in [0.2, 0.25) is 0 Å². The molecule has 1 aromatic carbocycles. The topological polar surface area (TPSA) is 32.3 Å². The molecule has 0 radical (unpaired) electrons. The molecule has 1 saturated heterocycles. The summed E-state index contributed by atoms with van der Waals surface area (Å²) in [6.45, 7) is 0.678. The monoisotopic (exact) mass is 211 g/mol. The van der Waals surface area contributed by atoms with Crippen molar-refractivity contribution in [2.24, 2.45) is 0 Å². The van der Waals surface area contributed by atoms with Crippen molar-refractivity contribution in [3.63, 3.8) is 0 Å². The lowest BCUT2D eigenvalue weighted by molar-refractivity contribution is 0.126. The molecule has 0 aromatic heterocycles. The summed E-state index contributed by atoms with van der Waals surface area (Å²) in [5, 5.41) is 13.4. The van der Waals surface area contributed by atoms with Crippen LogP contribution in [0.1, 0.15) is 24.4 Å². The van der Waals surface area contributed by atoms with Crippen LogP contribution in [-0.2, 0) is 0 Å². The van der Waals surface area contributed by atoms with E-state index in [1.165, 1.54) is 5.56 Å². The first-order valence-corrected chi connectivity index (χ1v) is 5.30. The number of rotatable bonds is 1. The summed E-state index contributed by atoms with van der Waals surface area (Å²) in [4.78, 5) is 0. The Bertz CT molecular complexity index is 308. The van der Waals surface area contributed by atoms with Gasteiger partial charge >= 0.3 is 0 Å². The maximum absolute atomic E-state index is 9.34. The molecule has 14 heavy (non-hydrogen) atoms. The molecular weight excluding hydrogens is 198 g/mol. The molecule has 1 heterocycles. The van der Waals surface area contributed by atoms with Crippen LogP contribution in [0.25, 0.3) is 0 Å². The third-order valence-electron chi connectivity index (χ3n) is 2.64. The van der Waals surface area contributed by atoms with Crippen LogP contribution in [-0.4, -0.2) is 17.8 Å². The first-order valence-electron chi connectivity index (χ1n) is 4.92. The molecule has 0 saturated carbocycles. The molecule has 1 fully saturated rings. The number of hydrogen-bond donors (Lipinski definition) is 2. The fourth-order valence-electron chi connectivity index (χ4n) is 1.85. The second-order valence-corrected chi connectivity index (χ2v) is 4.18. The largest absolute Gasteiger partial charge is 0.392 e. The summed E-state index contributed by atoms with van der Waals surface area (Å²) in [5.74, 6) is 0. The number of halogens is 1. The molecule has 1 aromatic rings. The molecule has 2 rings (SSSR count). The van der Waals surface area contributed by atoms with Crippen molar-refractivity contribution in [2.45, 2.75) is 25.0 Å². The summed E-state index contributed by atoms with van der Waals surface area (Å²) in [6.07, 6.45) is 1.65. The normalized spacial score (nSPS) is 27.6. The van der Waals surface area contributed by atoms with E-state index in [2.05, 4.69) is 11.4 Å². The molecule has 0 aliphatic carbocycles. The van der Waals surface area contributed by atoms with Crippen LogP contribution in [0.5, 0.6) is 0 Å². The Morgan fingerprint density at radius 1 is 1.36 bits per heavy atom. The van der Waals surface area contributed by atoms with Gasteiger partial charge in [-0.2, -0.15) is 0 Å². The second-order valence-electron chi connectivity index (χ2n) is 3.75. The van der Waals surface area contributed by atoms with Crippen molar-refractivity contribution in [1.29, 1.82) is 0 Å². The zero-order chi connectivity index (χ0) is 9.97. The number of piperidine rings is 1. The number of aliphatic hydroxyl groups excluding tert-OH is 1. The molecule has 1 aliphatic heterocycles. The van der Waals surface area contributed by atoms with E-state index in [-0.39, 0.29) is 6.10 Å². The molecule has 2 nitrogen and oxygen atoms in total. The molecule has 0 amide bonds. The van der Waals surface area contributed by atoms with E-state index in [9.17, 15) is 5.11 Å². The molecule has 1 aliphatic rings. The number of nitrogens with one attached hydrogen (secondary N) is 1. The predicted molar refractivity (Wildman–Crippen MR) is 57.4 cm³/mol. The van der Waals surface area contributed by atoms with Gasteiger partial charge in [0.15, 0.2) is 0 Å². The summed E-state index contributed by atoms with van der Waals surface area (Å²) in [6, 6.07) is 8.24. The van der Waals surface area contributed by atoms with Gasteiger partial charge in [-0.1, -0.05) is 23.7 Å². The number of β-amino-alcohol motifs (C(OH)–C–C–N with tert-alkyl or cyclic N) is 1. The van der Waals surface area contributed by atoms with Crippen molar-refractivity contribution < 1.29 is 5.11 Å². The quantitative estimate of drug-likeness (QED) is 0.746. The Labute approximate surface area is 88.9 Å². The van der Waals surface area contributed by atoms with Crippen molar-refractivity contribution >= 4 is 11.6 Å². The molecule has 0 bridgehead atoms. The molecule has 2 unspecified atom stereocenters. The third kappa shape index (κ3) is 2.27. The lowest BCUT2D eigenvalue weighted by Gasteiger charge is -2.27. The fraction of sp³-hybridized carbons (Fsp3) is 0.455. The lowest BCUT2D eigenvalue weighted by atomic mass is 9.96. The summed E-state index contributed by atoms with van der Waals surface area (Å²) in [5.41, 5.74) is 1.21. The number of aliphatic hydroxyl groups is 1. The Balaban J connectivity index is 2.08. The van der Waals surface area contributed by atoms with E-state index in [1.54, 1.807) is 0 Å². The van der Waals surface area contributed by atoms with E-state index in [1.807, 2.05) is 18.2 Å². The van der Waals surface area contributed by atoms with Crippen molar-refractivity contribution in [2.75, 3.05) is 6.54 Å². The lowest BCUT2D eigenvalue weighted by Crippen LogP contribution is -2.36. The standard InChI is InChI=1S/C11H14ClNO/c12-9-3-1-2-8(6-9)11-5-4-10(14)7-13-11/h1-3,6,10-11,13-14H,4-5,7H2. The highest BCUT2D eigenvalue weighted by Crippen LogP contribution is 2.24. The highest BCUT2D eigenvalue weighted by atomic mass is 35.5. The highest BCUT2D eigenvalue weighted by Gasteiger charge is 2.19. The van der Waals surface area contributed by atoms with Gasteiger partial charge in [-0.15, -0.1) is 0 Å². The van der Waals surface area contributed by atoms with E-state index < -0.39 is 0 Å². The average Bonchev–Trinajstić information content (AvgIpc) is 2.19. The predicted octanol–water partition coefficient (Wildman–Crippen LogP) is 2.13. The van der Waals surface area contributed by atoms with Crippen LogP contribution in [0.15, 0.2) is 24.3 Å². The van der Waals surface area contributed by atoms with Crippen molar-refractivity contribution in [1.82, 2.24) is 5.32 Å². The maximum atomic E-state index is 9.34. The maximum Gasteiger partial charge on any atom is 0.0665 e. The van der Waals surface area contributed by atoms with Crippen LogP contribution in [0, 0.1) is 0 Å². The Morgan fingerprint density at radius 2 is 2.21 bits per heavy atom. The number of benzene rings is 1. The first-order chi connectivity index (χ1) is 6.75. The fourth-order valence-corrected chi connectivity index (χ4v) is 2.05. The van der Waals surface area contributed by atoms with Gasteiger partial charge in [-0.25, -0.2) is 0 Å². The van der Waals surface area contributed by atoms with Gasteiger partial charge in [0, 0.05) is 17.6 Å². The molecular formula is C11H14ClNO. The first kappa shape index (κ1) is 9.97. The molecule has 2 N–H and O–H groups in total. The van der Waals surface area contributed by atoms with Gasteiger partial charge in [-0.3, -0.25) is 0 Å². The highest BCUT2D eigenvalue weighted by molar-refractivity contribution is 6.30. The van der Waals surface area contributed by atoms with Crippen molar-refractivity contribution in [3.8, 4) is 0 Å². The van der Waals surface area contributed by atoms with Gasteiger partial charge in [0.1, 0.15) is 0 Å². The van der Waals surface area contributed by atoms with E-state index in [0.717, 1.165) is 17.9 Å². The Kier molecular flexibility index (Phi) is 3.06. The Morgan fingerprint density at radius 3 is 2.86 bits per heavy atom. The average molecular weight is 212 g/mol. The minimum absolute atomic E-state index is 0.189. The zero-order valence-corrected chi connectivity index (χ0v) is 8.67. The molecule has 3 heteroatoms. The molecule has 76 valence electrons. The smallest absolute Gasteiger partial charge is 0.0665 e. The van der Waals surface area contributed by atoms with Gasteiger partial charge < -0.3 is 10.4 Å². The number of hydrogen-bond acceptors (Lipinski definition) is 2. The van der Waals surface area contributed by atoms with E-state index in [4.69, 9.17) is 11.6 Å². The van der Waals surface area contributed by atoms with E-state index in [0.29, 0.717) is 12.6 Å². The molecule has 0 spiro atoms. The van der Waals surface area contributed by atoms with E-state index >= 15 is 0 Å². The minimum atomic E-state index is -0.189. The minimum Gasteiger partial charge on any atom is -0.392 e. The third-order valence-corrected chi connectivity index (χ3v) is 2.87. The van der Waals surface area contributed by atoms with Gasteiger partial charge in [-0.05, 0) is 30.5 Å². The summed E-state index contributed by atoms with van der Waals surface area (Å²) < 4.78 is 0. The SMILES string of the molecule is OC1CCC(c2cccc(Cl)c2)NC1. The Hall–Kier alpha value is -0.570. The van der Waals surface area contributed by atoms with Gasteiger partial charge in [0.05, 0.1) is 6.10 Å². The van der Waals surface area contributed by atoms with Crippen LogP contribution >= 0.6 is 11.6 Å². The summed E-state index contributed by atoms with van der Waals surface area (Å²) >= 11 is 5.92. The van der Waals surface area contributed by atoms with Crippen LogP contribution < -0.4 is 5.32 Å². The summed E-state index contributed by atoms with van der Waals surface area (Å²) in [7, 11) is 0. The van der Waals surface area contributed by atoms with Crippen molar-refractivity contribution in [3.05, 3.63) is 34.9 Å². The zero-order valence-electron chi connectivity index (χ0n) is 7.91. The van der Waals surface area contributed by atoms with Crippen LogP contribution in [0.4, 0.5) is 0 Å². The van der Waals surface area contributed by atoms with Crippen LogP contribution in [0.2, 0.25) is 5.02 Å². The van der Waals surface area contributed by atoms with Gasteiger partial charge in [0.25, 0.3) is 0 Å². The molecule has 2 atom stereocenters. The van der Waals surface area contributed by atoms with Crippen LogP contribution in [0.3, 0.4) is 0 Å².